The first-order valence-corrected chi connectivity index (χ1v) is 11.2. The van der Waals surface area contributed by atoms with Gasteiger partial charge in [-0.1, -0.05) is 6.92 Å². The molecule has 36 heavy (non-hydrogen) atoms. The first-order valence-electron chi connectivity index (χ1n) is 11.2. The summed E-state index contributed by atoms with van der Waals surface area (Å²) in [6.45, 7) is 1.75. The standard InChI is InChI=1S/C25H18FN9O/c1-2-18(36)31-15-8-14(10-28-11-15)21-20(26)19-17(12-30-21)34-35-24(19)25-32-16-5-7-29-22(23(16)33-25)13-4-3-6-27-9-13/h3-12H,2H2,1H3,(H,31,36)(H,32,33)(H,34,35). The average molecular weight is 479 g/mol. The number of aromatic nitrogens is 8. The van der Waals surface area contributed by atoms with Crippen molar-refractivity contribution in [2.24, 2.45) is 0 Å². The fraction of sp³-hybridized carbons (Fsp3) is 0.0800. The third kappa shape index (κ3) is 3.63. The molecule has 0 aromatic carbocycles. The molecule has 0 unspecified atom stereocenters. The van der Waals surface area contributed by atoms with Crippen molar-refractivity contribution in [3.63, 3.8) is 0 Å². The number of imidazole rings is 1. The number of nitrogens with zero attached hydrogens (tertiary/aromatic N) is 6. The van der Waals surface area contributed by atoms with Gasteiger partial charge < -0.3 is 10.3 Å². The first kappa shape index (κ1) is 21.5. The zero-order valence-corrected chi connectivity index (χ0v) is 19.0. The Labute approximate surface area is 203 Å². The number of H-pyrrole nitrogens is 2. The minimum Gasteiger partial charge on any atom is -0.336 e. The number of fused-ring (bicyclic) bond motifs is 2. The lowest BCUT2D eigenvalue weighted by Gasteiger charge is -2.07. The highest BCUT2D eigenvalue weighted by molar-refractivity contribution is 5.97. The Kier molecular flexibility index (Phi) is 5.14. The Bertz CT molecular complexity index is 1740. The van der Waals surface area contributed by atoms with Crippen LogP contribution in [0.25, 0.3) is 56.0 Å². The number of aromatic amines is 2. The molecule has 0 radical (unpaired) electrons. The molecule has 6 aromatic heterocycles. The van der Waals surface area contributed by atoms with Gasteiger partial charge in [0, 0.05) is 42.3 Å². The molecule has 0 fully saturated rings. The van der Waals surface area contributed by atoms with Crippen molar-refractivity contribution in [2.45, 2.75) is 13.3 Å². The van der Waals surface area contributed by atoms with Gasteiger partial charge in [-0.15, -0.1) is 0 Å². The highest BCUT2D eigenvalue weighted by Crippen LogP contribution is 2.34. The van der Waals surface area contributed by atoms with Crippen LogP contribution >= 0.6 is 0 Å². The van der Waals surface area contributed by atoms with Crippen LogP contribution < -0.4 is 5.32 Å². The van der Waals surface area contributed by atoms with Crippen LogP contribution in [0.4, 0.5) is 10.1 Å². The van der Waals surface area contributed by atoms with Crippen LogP contribution in [0.5, 0.6) is 0 Å². The molecule has 11 heteroatoms. The molecule has 0 aliphatic heterocycles. The maximum Gasteiger partial charge on any atom is 0.224 e. The SMILES string of the molecule is CCC(=O)Nc1cncc(-c2ncc3[nH]nc(-c4nc5c(-c6cccnc6)nccc5[nH]4)c3c2F)c1. The molecule has 0 aliphatic carbocycles. The summed E-state index contributed by atoms with van der Waals surface area (Å²) in [5.74, 6) is -0.365. The van der Waals surface area contributed by atoms with Crippen molar-refractivity contribution >= 4 is 33.5 Å². The van der Waals surface area contributed by atoms with Crippen LogP contribution in [-0.4, -0.2) is 46.0 Å². The van der Waals surface area contributed by atoms with Crippen molar-refractivity contribution in [1.82, 2.24) is 40.1 Å². The van der Waals surface area contributed by atoms with Crippen LogP contribution in [0.1, 0.15) is 13.3 Å². The Morgan fingerprint density at radius 3 is 2.69 bits per heavy atom. The van der Waals surface area contributed by atoms with E-state index < -0.39 is 5.82 Å². The van der Waals surface area contributed by atoms with Gasteiger partial charge in [-0.2, -0.15) is 5.10 Å². The molecule has 1 amide bonds. The van der Waals surface area contributed by atoms with Crippen LogP contribution in [0.2, 0.25) is 0 Å². The third-order valence-corrected chi connectivity index (χ3v) is 5.72. The molecule has 0 bridgehead atoms. The molecule has 6 rings (SSSR count). The van der Waals surface area contributed by atoms with Crippen LogP contribution in [0.3, 0.4) is 0 Å². The van der Waals surface area contributed by atoms with E-state index in [2.05, 4.69) is 40.4 Å². The van der Waals surface area contributed by atoms with Crippen LogP contribution in [0.15, 0.2) is 61.4 Å². The summed E-state index contributed by atoms with van der Waals surface area (Å²) in [4.78, 5) is 36.7. The van der Waals surface area contributed by atoms with Crippen molar-refractivity contribution in [3.05, 3.63) is 67.3 Å². The molecule has 0 atom stereocenters. The van der Waals surface area contributed by atoms with Gasteiger partial charge >= 0.3 is 0 Å². The number of anilines is 1. The monoisotopic (exact) mass is 479 g/mol. The molecule has 0 aliphatic rings. The molecular formula is C25H18FN9O. The number of nitrogens with one attached hydrogen (secondary N) is 3. The van der Waals surface area contributed by atoms with E-state index in [1.165, 1.54) is 18.6 Å². The minimum absolute atomic E-state index is 0.0825. The number of hydrogen-bond acceptors (Lipinski definition) is 7. The molecular weight excluding hydrogens is 461 g/mol. The molecule has 0 saturated carbocycles. The fourth-order valence-electron chi connectivity index (χ4n) is 4.00. The molecule has 0 saturated heterocycles. The van der Waals surface area contributed by atoms with Gasteiger partial charge in [0.2, 0.25) is 5.91 Å². The van der Waals surface area contributed by atoms with Gasteiger partial charge in [0.1, 0.15) is 16.9 Å². The zero-order valence-electron chi connectivity index (χ0n) is 19.0. The van der Waals surface area contributed by atoms with E-state index in [4.69, 9.17) is 4.98 Å². The van der Waals surface area contributed by atoms with Gasteiger partial charge in [0.05, 0.1) is 40.2 Å². The molecule has 6 heterocycles. The number of rotatable bonds is 5. The summed E-state index contributed by atoms with van der Waals surface area (Å²) in [6, 6.07) is 7.15. The molecule has 6 aromatic rings. The van der Waals surface area contributed by atoms with Crippen LogP contribution in [-0.2, 0) is 4.79 Å². The maximum absolute atomic E-state index is 15.9. The number of carbonyl (C=O) groups is 1. The Hall–Kier alpha value is -5.06. The lowest BCUT2D eigenvalue weighted by Crippen LogP contribution is -2.09. The van der Waals surface area contributed by atoms with Crippen molar-refractivity contribution < 1.29 is 9.18 Å². The van der Waals surface area contributed by atoms with Gasteiger partial charge in [-0.05, 0) is 24.3 Å². The number of amides is 1. The topological polar surface area (TPSA) is 138 Å². The van der Waals surface area contributed by atoms with Gasteiger partial charge in [-0.3, -0.25) is 29.8 Å². The largest absolute Gasteiger partial charge is 0.336 e. The lowest BCUT2D eigenvalue weighted by atomic mass is 10.1. The average Bonchev–Trinajstić information content (AvgIpc) is 3.54. The first-order chi connectivity index (χ1) is 17.6. The van der Waals surface area contributed by atoms with Crippen molar-refractivity contribution in [2.75, 3.05) is 5.32 Å². The fourth-order valence-corrected chi connectivity index (χ4v) is 4.00. The molecule has 0 spiro atoms. The summed E-state index contributed by atoms with van der Waals surface area (Å²) in [5, 5.41) is 10.1. The van der Waals surface area contributed by atoms with E-state index in [-0.39, 0.29) is 17.0 Å². The predicted molar refractivity (Wildman–Crippen MR) is 132 cm³/mol. The normalized spacial score (nSPS) is 11.3. The molecule has 10 nitrogen and oxygen atoms in total. The number of hydrogen-bond donors (Lipinski definition) is 3. The second-order valence-electron chi connectivity index (χ2n) is 8.03. The second-order valence-corrected chi connectivity index (χ2v) is 8.03. The predicted octanol–water partition coefficient (Wildman–Crippen LogP) is 4.51. The molecule has 3 N–H and O–H groups in total. The van der Waals surface area contributed by atoms with E-state index >= 15 is 4.39 Å². The van der Waals surface area contributed by atoms with E-state index in [0.29, 0.717) is 45.9 Å². The quantitative estimate of drug-likeness (QED) is 0.331. The Balaban J connectivity index is 1.47. The second kappa shape index (κ2) is 8.62. The van der Waals surface area contributed by atoms with E-state index in [9.17, 15) is 4.79 Å². The van der Waals surface area contributed by atoms with Crippen LogP contribution in [0, 0.1) is 5.82 Å². The maximum atomic E-state index is 15.9. The summed E-state index contributed by atoms with van der Waals surface area (Å²) >= 11 is 0. The molecule has 176 valence electrons. The summed E-state index contributed by atoms with van der Waals surface area (Å²) in [7, 11) is 0. The van der Waals surface area contributed by atoms with E-state index in [1.807, 2.05) is 12.1 Å². The Morgan fingerprint density at radius 2 is 1.86 bits per heavy atom. The van der Waals surface area contributed by atoms with Crippen molar-refractivity contribution in [3.8, 4) is 34.0 Å². The summed E-state index contributed by atoms with van der Waals surface area (Å²) in [6.07, 6.45) is 9.89. The van der Waals surface area contributed by atoms with Gasteiger partial charge in [0.15, 0.2) is 11.6 Å². The third-order valence-electron chi connectivity index (χ3n) is 5.72. The highest BCUT2D eigenvalue weighted by atomic mass is 19.1. The highest BCUT2D eigenvalue weighted by Gasteiger charge is 2.21. The van der Waals surface area contributed by atoms with Gasteiger partial charge in [-0.25, -0.2) is 9.37 Å². The van der Waals surface area contributed by atoms with E-state index in [0.717, 1.165) is 11.1 Å². The van der Waals surface area contributed by atoms with E-state index in [1.54, 1.807) is 37.6 Å². The number of halogens is 1. The summed E-state index contributed by atoms with van der Waals surface area (Å²) < 4.78 is 15.9. The zero-order chi connectivity index (χ0) is 24.6. The summed E-state index contributed by atoms with van der Waals surface area (Å²) in [5.41, 5.74) is 4.51. The number of pyridine rings is 4. The Morgan fingerprint density at radius 1 is 0.972 bits per heavy atom. The lowest BCUT2D eigenvalue weighted by molar-refractivity contribution is -0.115. The minimum atomic E-state index is -0.580. The number of carbonyl (C=O) groups excluding carboxylic acids is 1. The smallest absolute Gasteiger partial charge is 0.224 e. The van der Waals surface area contributed by atoms with Gasteiger partial charge in [0.25, 0.3) is 0 Å². The van der Waals surface area contributed by atoms with Crippen molar-refractivity contribution in [1.29, 1.82) is 0 Å².